The topological polar surface area (TPSA) is 76.0 Å². The Bertz CT molecular complexity index is 320. The zero-order valence-corrected chi connectivity index (χ0v) is 15.0. The first-order valence-electron chi connectivity index (χ1n) is 8.18. The molecule has 0 amide bonds. The summed E-state index contributed by atoms with van der Waals surface area (Å²) < 4.78 is 11.1. The van der Waals surface area contributed by atoms with E-state index < -0.39 is 11.2 Å². The van der Waals surface area contributed by atoms with Crippen LogP contribution in [0.1, 0.15) is 67.2 Å². The summed E-state index contributed by atoms with van der Waals surface area (Å²) in [6.45, 7) is 11.4. The van der Waals surface area contributed by atoms with Crippen LogP contribution in [0.15, 0.2) is 0 Å². The first kappa shape index (κ1) is 21.4. The molecule has 1 rings (SSSR count). The summed E-state index contributed by atoms with van der Waals surface area (Å²) in [5.41, 5.74) is -1.44. The lowest BCUT2D eigenvalue weighted by Crippen LogP contribution is -2.42. The van der Waals surface area contributed by atoms with Crippen LogP contribution in [0.25, 0.3) is 0 Å². The van der Waals surface area contributed by atoms with E-state index in [1.54, 1.807) is 20.8 Å². The smallest absolute Gasteiger partial charge is 0.338 e. The molecule has 5 heteroatoms. The van der Waals surface area contributed by atoms with E-state index in [2.05, 4.69) is 0 Å². The number of rotatable bonds is 4. The highest BCUT2D eigenvalue weighted by Gasteiger charge is 2.34. The van der Waals surface area contributed by atoms with Gasteiger partial charge in [-0.1, -0.05) is 6.42 Å². The van der Waals surface area contributed by atoms with Gasteiger partial charge in [-0.2, -0.15) is 0 Å². The predicted octanol–water partition coefficient (Wildman–Crippen LogP) is 2.67. The molecule has 1 aliphatic carbocycles. The first-order chi connectivity index (χ1) is 10.0. The third kappa shape index (κ3) is 9.38. The average Bonchev–Trinajstić information content (AvgIpc) is 2.35. The van der Waals surface area contributed by atoms with Crippen LogP contribution in [0.5, 0.6) is 0 Å². The zero-order valence-electron chi connectivity index (χ0n) is 15.0. The maximum absolute atomic E-state index is 12.0. The van der Waals surface area contributed by atoms with E-state index >= 15 is 0 Å². The summed E-state index contributed by atoms with van der Waals surface area (Å²) >= 11 is 0. The Morgan fingerprint density at radius 1 is 1.18 bits per heavy atom. The van der Waals surface area contributed by atoms with Crippen LogP contribution >= 0.6 is 0 Å². The second-order valence-electron chi connectivity index (χ2n) is 7.33. The van der Waals surface area contributed by atoms with Crippen molar-refractivity contribution >= 4 is 5.97 Å². The second kappa shape index (κ2) is 9.48. The van der Waals surface area contributed by atoms with Gasteiger partial charge in [-0.05, 0) is 66.7 Å². The van der Waals surface area contributed by atoms with Crippen LogP contribution in [0.3, 0.4) is 0 Å². The highest BCUT2D eigenvalue weighted by atomic mass is 16.6. The molecule has 0 radical (unpaired) electrons. The van der Waals surface area contributed by atoms with Gasteiger partial charge in [-0.25, -0.2) is 4.79 Å². The average molecular weight is 318 g/mol. The quantitative estimate of drug-likeness (QED) is 0.779. The molecular formula is C17H34O5. The standard InChI is InChI=1S/C15H28O4.C2H6O/c1-14(2,3)19-13(17)15(4,5)18-10-11-7-6-8-12(16)9-11;1-2-3/h11-12,16H,6-10H2,1-5H3;3H,2H2,1H3. The lowest BCUT2D eigenvalue weighted by molar-refractivity contribution is -0.181. The van der Waals surface area contributed by atoms with Gasteiger partial charge in [0.25, 0.3) is 0 Å². The molecule has 0 aliphatic heterocycles. The molecule has 0 aromatic rings. The molecule has 0 spiro atoms. The number of carbonyl (C=O) groups excluding carboxylic acids is 1. The number of carbonyl (C=O) groups is 1. The van der Waals surface area contributed by atoms with Crippen molar-refractivity contribution in [3.63, 3.8) is 0 Å². The molecule has 2 unspecified atom stereocenters. The lowest BCUT2D eigenvalue weighted by atomic mass is 9.88. The minimum absolute atomic E-state index is 0.216. The van der Waals surface area contributed by atoms with Crippen LogP contribution in [-0.4, -0.2) is 46.7 Å². The molecule has 0 aromatic heterocycles. The fraction of sp³-hybridized carbons (Fsp3) is 0.941. The van der Waals surface area contributed by atoms with Gasteiger partial charge < -0.3 is 19.7 Å². The van der Waals surface area contributed by atoms with Crippen molar-refractivity contribution in [2.45, 2.75) is 84.5 Å². The molecule has 0 aromatic carbocycles. The molecule has 0 heterocycles. The van der Waals surface area contributed by atoms with Crippen LogP contribution in [-0.2, 0) is 14.3 Å². The van der Waals surface area contributed by atoms with Crippen molar-refractivity contribution in [3.8, 4) is 0 Å². The second-order valence-corrected chi connectivity index (χ2v) is 7.33. The van der Waals surface area contributed by atoms with Gasteiger partial charge in [0.1, 0.15) is 5.60 Å². The van der Waals surface area contributed by atoms with Gasteiger partial charge in [0.2, 0.25) is 0 Å². The summed E-state index contributed by atoms with van der Waals surface area (Å²) in [6.07, 6.45) is 3.52. The third-order valence-corrected chi connectivity index (χ3v) is 3.33. The highest BCUT2D eigenvalue weighted by molar-refractivity contribution is 5.78. The van der Waals surface area contributed by atoms with Crippen LogP contribution in [0, 0.1) is 5.92 Å². The van der Waals surface area contributed by atoms with Crippen LogP contribution in [0.2, 0.25) is 0 Å². The number of esters is 1. The van der Waals surface area contributed by atoms with Crippen molar-refractivity contribution in [2.75, 3.05) is 13.2 Å². The van der Waals surface area contributed by atoms with Gasteiger partial charge in [0.15, 0.2) is 5.60 Å². The number of ether oxygens (including phenoxy) is 2. The van der Waals surface area contributed by atoms with E-state index in [4.69, 9.17) is 14.6 Å². The van der Waals surface area contributed by atoms with Gasteiger partial charge in [-0.3, -0.25) is 0 Å². The SMILES string of the molecule is CC(C)(C)OC(=O)C(C)(C)OCC1CCCC(O)C1.CCO. The van der Waals surface area contributed by atoms with E-state index in [1.807, 2.05) is 20.8 Å². The Balaban J connectivity index is 0.00000135. The van der Waals surface area contributed by atoms with Crippen molar-refractivity contribution in [3.05, 3.63) is 0 Å². The molecule has 132 valence electrons. The molecule has 2 atom stereocenters. The molecule has 1 saturated carbocycles. The molecule has 0 bridgehead atoms. The molecule has 1 fully saturated rings. The van der Waals surface area contributed by atoms with Crippen molar-refractivity contribution in [1.82, 2.24) is 0 Å². The van der Waals surface area contributed by atoms with Gasteiger partial charge >= 0.3 is 5.97 Å². The van der Waals surface area contributed by atoms with E-state index in [1.165, 1.54) is 0 Å². The van der Waals surface area contributed by atoms with Crippen molar-refractivity contribution < 1.29 is 24.5 Å². The largest absolute Gasteiger partial charge is 0.458 e. The fourth-order valence-electron chi connectivity index (χ4n) is 2.20. The molecule has 22 heavy (non-hydrogen) atoms. The Labute approximate surface area is 135 Å². The van der Waals surface area contributed by atoms with Crippen LogP contribution in [0.4, 0.5) is 0 Å². The van der Waals surface area contributed by atoms with E-state index in [9.17, 15) is 9.90 Å². The Morgan fingerprint density at radius 2 is 1.73 bits per heavy atom. The van der Waals surface area contributed by atoms with E-state index in [0.717, 1.165) is 25.7 Å². The minimum atomic E-state index is -0.935. The van der Waals surface area contributed by atoms with Gasteiger partial charge in [0.05, 0.1) is 12.7 Å². The number of aliphatic hydroxyl groups excluding tert-OH is 2. The number of hydrogen-bond donors (Lipinski definition) is 2. The molecule has 0 saturated heterocycles. The number of hydrogen-bond acceptors (Lipinski definition) is 5. The van der Waals surface area contributed by atoms with Crippen molar-refractivity contribution in [1.29, 1.82) is 0 Å². The monoisotopic (exact) mass is 318 g/mol. The normalized spacial score (nSPS) is 22.5. The predicted molar refractivity (Wildman–Crippen MR) is 86.6 cm³/mol. The van der Waals surface area contributed by atoms with Gasteiger partial charge in [-0.15, -0.1) is 0 Å². The molecule has 5 nitrogen and oxygen atoms in total. The Morgan fingerprint density at radius 3 is 2.18 bits per heavy atom. The summed E-state index contributed by atoms with van der Waals surface area (Å²) in [7, 11) is 0. The maximum atomic E-state index is 12.0. The Hall–Kier alpha value is -0.650. The Kier molecular flexibility index (Phi) is 9.20. The number of aliphatic hydroxyl groups is 2. The van der Waals surface area contributed by atoms with E-state index in [0.29, 0.717) is 12.5 Å². The summed E-state index contributed by atoms with van der Waals surface area (Å²) in [6, 6.07) is 0. The molecule has 1 aliphatic rings. The van der Waals surface area contributed by atoms with Crippen LogP contribution < -0.4 is 0 Å². The molecule has 2 N–H and O–H groups in total. The molecular weight excluding hydrogens is 284 g/mol. The summed E-state index contributed by atoms with van der Waals surface area (Å²) in [4.78, 5) is 12.0. The summed E-state index contributed by atoms with van der Waals surface area (Å²) in [5.74, 6) is 0.00168. The third-order valence-electron chi connectivity index (χ3n) is 3.33. The van der Waals surface area contributed by atoms with Gasteiger partial charge in [0, 0.05) is 6.61 Å². The van der Waals surface area contributed by atoms with E-state index in [-0.39, 0.29) is 18.7 Å². The minimum Gasteiger partial charge on any atom is -0.458 e. The summed E-state index contributed by atoms with van der Waals surface area (Å²) in [5, 5.41) is 17.2. The van der Waals surface area contributed by atoms with Crippen molar-refractivity contribution in [2.24, 2.45) is 5.92 Å². The zero-order chi connectivity index (χ0) is 17.4. The highest BCUT2D eigenvalue weighted by Crippen LogP contribution is 2.26. The first-order valence-corrected chi connectivity index (χ1v) is 8.18. The lowest BCUT2D eigenvalue weighted by Gasteiger charge is -2.31. The maximum Gasteiger partial charge on any atom is 0.338 e. The fourth-order valence-corrected chi connectivity index (χ4v) is 2.20.